The molecule has 0 amide bonds. The Kier molecular flexibility index (Phi) is 8.59. The predicted molar refractivity (Wildman–Crippen MR) is 104 cm³/mol. The van der Waals surface area contributed by atoms with Gasteiger partial charge in [0, 0.05) is 13.7 Å². The molecule has 1 aromatic carbocycles. The molecule has 1 aromatic rings. The van der Waals surface area contributed by atoms with E-state index >= 15 is 0 Å². The van der Waals surface area contributed by atoms with Crippen molar-refractivity contribution in [2.24, 2.45) is 17.8 Å². The average molecular weight is 329 g/mol. The molecule has 2 aliphatic carbocycles. The van der Waals surface area contributed by atoms with E-state index in [9.17, 15) is 0 Å². The van der Waals surface area contributed by atoms with E-state index < -0.39 is 0 Å². The molecule has 3 rings (SSSR count). The van der Waals surface area contributed by atoms with Gasteiger partial charge >= 0.3 is 0 Å². The summed E-state index contributed by atoms with van der Waals surface area (Å²) in [7, 11) is 1.68. The molecule has 2 aliphatic rings. The molecule has 0 aromatic heterocycles. The Morgan fingerprint density at radius 1 is 0.917 bits per heavy atom. The van der Waals surface area contributed by atoms with Gasteiger partial charge in [0.15, 0.2) is 0 Å². The first-order chi connectivity index (χ1) is 11.8. The zero-order valence-corrected chi connectivity index (χ0v) is 15.8. The van der Waals surface area contributed by atoms with Crippen LogP contribution in [-0.2, 0) is 4.74 Å². The summed E-state index contributed by atoms with van der Waals surface area (Å²) in [5.74, 6) is 3.67. The van der Waals surface area contributed by atoms with Crippen molar-refractivity contribution in [3.05, 3.63) is 48.6 Å². The lowest BCUT2D eigenvalue weighted by molar-refractivity contribution is 0.171. The van der Waals surface area contributed by atoms with Gasteiger partial charge in [-0.1, -0.05) is 36.4 Å². The number of allylic oxidation sites excluding steroid dienone is 1. The molecule has 0 aliphatic heterocycles. The SMILES string of the molecule is C=CC1CCC(C2CCC(c3ccccc3)CC2)CC1.CCOC. The van der Waals surface area contributed by atoms with Crippen molar-refractivity contribution in [1.29, 1.82) is 0 Å². The number of benzene rings is 1. The van der Waals surface area contributed by atoms with Gasteiger partial charge in [-0.05, 0) is 87.5 Å². The maximum absolute atomic E-state index is 4.54. The monoisotopic (exact) mass is 328 g/mol. The Labute approximate surface area is 149 Å². The van der Waals surface area contributed by atoms with Crippen LogP contribution in [0.1, 0.15) is 69.8 Å². The fourth-order valence-corrected chi connectivity index (χ4v) is 4.50. The first-order valence-electron chi connectivity index (χ1n) is 9.94. The van der Waals surface area contributed by atoms with Gasteiger partial charge in [0.05, 0.1) is 0 Å². The van der Waals surface area contributed by atoms with E-state index in [4.69, 9.17) is 0 Å². The lowest BCUT2D eigenvalue weighted by Crippen LogP contribution is -2.25. The third-order valence-corrected chi connectivity index (χ3v) is 6.15. The lowest BCUT2D eigenvalue weighted by atomic mass is 9.68. The third kappa shape index (κ3) is 5.77. The molecule has 2 fully saturated rings. The highest BCUT2D eigenvalue weighted by Crippen LogP contribution is 2.43. The zero-order valence-electron chi connectivity index (χ0n) is 15.8. The highest BCUT2D eigenvalue weighted by Gasteiger charge is 2.30. The quantitative estimate of drug-likeness (QED) is 0.565. The summed E-state index contributed by atoms with van der Waals surface area (Å²) in [6.45, 7) is 6.74. The van der Waals surface area contributed by atoms with Crippen molar-refractivity contribution in [3.8, 4) is 0 Å². The Morgan fingerprint density at radius 3 is 1.88 bits per heavy atom. The Bertz CT molecular complexity index is 434. The third-order valence-electron chi connectivity index (χ3n) is 6.15. The first-order valence-corrected chi connectivity index (χ1v) is 9.94. The number of ether oxygens (including phenoxy) is 1. The number of hydrogen-bond donors (Lipinski definition) is 0. The summed E-state index contributed by atoms with van der Waals surface area (Å²) < 4.78 is 4.54. The van der Waals surface area contributed by atoms with Crippen LogP contribution < -0.4 is 0 Å². The predicted octanol–water partition coefficient (Wildman–Crippen LogP) is 6.61. The maximum atomic E-state index is 4.54. The number of methoxy groups -OCH3 is 1. The van der Waals surface area contributed by atoms with Crippen molar-refractivity contribution in [1.82, 2.24) is 0 Å². The Hall–Kier alpha value is -1.08. The smallest absolute Gasteiger partial charge is 0.0433 e. The molecular weight excluding hydrogens is 292 g/mol. The minimum Gasteiger partial charge on any atom is -0.385 e. The molecule has 0 N–H and O–H groups in total. The second kappa shape index (κ2) is 10.7. The van der Waals surface area contributed by atoms with E-state index in [0.717, 1.165) is 30.3 Å². The van der Waals surface area contributed by atoms with E-state index in [1.165, 1.54) is 51.4 Å². The molecule has 1 heteroatoms. The van der Waals surface area contributed by atoms with E-state index in [-0.39, 0.29) is 0 Å². The Morgan fingerprint density at radius 2 is 1.42 bits per heavy atom. The topological polar surface area (TPSA) is 9.23 Å². The van der Waals surface area contributed by atoms with Gasteiger partial charge in [-0.25, -0.2) is 0 Å². The summed E-state index contributed by atoms with van der Waals surface area (Å²) in [6.07, 6.45) is 13.6. The molecule has 0 heterocycles. The summed E-state index contributed by atoms with van der Waals surface area (Å²) >= 11 is 0. The summed E-state index contributed by atoms with van der Waals surface area (Å²) in [6, 6.07) is 11.2. The van der Waals surface area contributed by atoms with Gasteiger partial charge in [-0.3, -0.25) is 0 Å². The van der Waals surface area contributed by atoms with Gasteiger partial charge in [0.1, 0.15) is 0 Å². The molecule has 0 saturated heterocycles. The van der Waals surface area contributed by atoms with Crippen LogP contribution >= 0.6 is 0 Å². The van der Waals surface area contributed by atoms with Gasteiger partial charge in [-0.15, -0.1) is 6.58 Å². The van der Waals surface area contributed by atoms with Gasteiger partial charge < -0.3 is 4.74 Å². The normalized spacial score (nSPS) is 30.1. The fourth-order valence-electron chi connectivity index (χ4n) is 4.50. The van der Waals surface area contributed by atoms with E-state index in [0.29, 0.717) is 0 Å². The molecule has 0 bridgehead atoms. The van der Waals surface area contributed by atoms with Crippen LogP contribution in [0, 0.1) is 17.8 Å². The highest BCUT2D eigenvalue weighted by molar-refractivity contribution is 5.19. The van der Waals surface area contributed by atoms with Crippen LogP contribution in [0.5, 0.6) is 0 Å². The van der Waals surface area contributed by atoms with Gasteiger partial charge in [0.2, 0.25) is 0 Å². The summed E-state index contributed by atoms with van der Waals surface area (Å²) in [5.41, 5.74) is 1.57. The molecule has 134 valence electrons. The average Bonchev–Trinajstić information content (AvgIpc) is 2.69. The van der Waals surface area contributed by atoms with Crippen LogP contribution in [0.25, 0.3) is 0 Å². The van der Waals surface area contributed by atoms with Crippen molar-refractivity contribution in [2.75, 3.05) is 13.7 Å². The van der Waals surface area contributed by atoms with Gasteiger partial charge in [-0.2, -0.15) is 0 Å². The highest BCUT2D eigenvalue weighted by atomic mass is 16.5. The molecule has 2 saturated carbocycles. The summed E-state index contributed by atoms with van der Waals surface area (Å²) in [4.78, 5) is 0. The van der Waals surface area contributed by atoms with Crippen LogP contribution in [-0.4, -0.2) is 13.7 Å². The van der Waals surface area contributed by atoms with Gasteiger partial charge in [0.25, 0.3) is 0 Å². The molecule has 0 spiro atoms. The van der Waals surface area contributed by atoms with Crippen LogP contribution in [0.15, 0.2) is 43.0 Å². The van der Waals surface area contributed by atoms with Crippen LogP contribution in [0.4, 0.5) is 0 Å². The molecule has 1 nitrogen and oxygen atoms in total. The number of rotatable bonds is 4. The van der Waals surface area contributed by atoms with Crippen molar-refractivity contribution < 1.29 is 4.74 Å². The Balaban J connectivity index is 0.000000471. The van der Waals surface area contributed by atoms with Crippen molar-refractivity contribution >= 4 is 0 Å². The first kappa shape index (κ1) is 19.2. The minimum atomic E-state index is 0.812. The van der Waals surface area contributed by atoms with Crippen molar-refractivity contribution in [2.45, 2.75) is 64.2 Å². The maximum Gasteiger partial charge on any atom is 0.0433 e. The molecule has 0 atom stereocenters. The second-order valence-corrected chi connectivity index (χ2v) is 7.51. The van der Waals surface area contributed by atoms with E-state index in [1.54, 1.807) is 12.7 Å². The van der Waals surface area contributed by atoms with E-state index in [1.807, 2.05) is 6.92 Å². The number of hydrogen-bond acceptors (Lipinski definition) is 1. The summed E-state index contributed by atoms with van der Waals surface area (Å²) in [5, 5.41) is 0. The molecule has 0 radical (unpaired) electrons. The molecular formula is C23H36O. The lowest BCUT2D eigenvalue weighted by Gasteiger charge is -2.37. The fraction of sp³-hybridized carbons (Fsp3) is 0.652. The molecule has 0 unspecified atom stereocenters. The van der Waals surface area contributed by atoms with E-state index in [2.05, 4.69) is 47.7 Å². The molecule has 24 heavy (non-hydrogen) atoms. The van der Waals surface area contributed by atoms with Crippen molar-refractivity contribution in [3.63, 3.8) is 0 Å². The van der Waals surface area contributed by atoms with Crippen LogP contribution in [0.3, 0.4) is 0 Å². The minimum absolute atomic E-state index is 0.812. The largest absolute Gasteiger partial charge is 0.385 e. The zero-order chi connectivity index (χ0) is 17.2. The van der Waals surface area contributed by atoms with Crippen LogP contribution in [0.2, 0.25) is 0 Å². The standard InChI is InChI=1S/C20H28.C3H8O/c1-2-16-8-10-18(11-9-16)20-14-12-19(13-15-20)17-6-4-3-5-7-17;1-3-4-2/h2-7,16,18-20H,1,8-15H2;3H2,1-2H3. The second-order valence-electron chi connectivity index (χ2n) is 7.51.